The number of carbonyl (C=O) groups excluding carboxylic acids is 1. The summed E-state index contributed by atoms with van der Waals surface area (Å²) >= 11 is 0. The van der Waals surface area contributed by atoms with E-state index < -0.39 is 28.3 Å². The standard InChI is InChI=1S/C15H24N4O7S/c1-25-12-7-6-10(9-13(12)26-2)18-14(20)11(19-15(21)22)5-3-4-8-17-27(16,23)24/h6-7,9,11,17,19H,3-5,8H2,1-2H3,(H,18,20)(H,21,22)(H2,16,23,24). The minimum Gasteiger partial charge on any atom is -0.493 e. The molecule has 0 heterocycles. The lowest BCUT2D eigenvalue weighted by molar-refractivity contribution is -0.118. The van der Waals surface area contributed by atoms with Gasteiger partial charge in [-0.25, -0.2) is 14.7 Å². The minimum atomic E-state index is -3.77. The summed E-state index contributed by atoms with van der Waals surface area (Å²) in [5.41, 5.74) is 0.408. The van der Waals surface area contributed by atoms with Crippen molar-refractivity contribution in [2.75, 3.05) is 26.1 Å². The van der Waals surface area contributed by atoms with Crippen molar-refractivity contribution in [1.29, 1.82) is 0 Å². The van der Waals surface area contributed by atoms with E-state index in [1.807, 2.05) is 0 Å². The fourth-order valence-corrected chi connectivity index (χ4v) is 2.68. The van der Waals surface area contributed by atoms with E-state index in [0.717, 1.165) is 0 Å². The highest BCUT2D eigenvalue weighted by Crippen LogP contribution is 2.29. The Morgan fingerprint density at radius 2 is 1.85 bits per heavy atom. The van der Waals surface area contributed by atoms with Crippen molar-refractivity contribution in [3.63, 3.8) is 0 Å². The number of unbranched alkanes of at least 4 members (excludes halogenated alkanes) is 1. The number of ether oxygens (including phenoxy) is 2. The first-order valence-electron chi connectivity index (χ1n) is 7.96. The molecule has 0 aliphatic heterocycles. The van der Waals surface area contributed by atoms with Crippen molar-refractivity contribution < 1.29 is 32.6 Å². The van der Waals surface area contributed by atoms with Crippen LogP contribution in [0.5, 0.6) is 11.5 Å². The summed E-state index contributed by atoms with van der Waals surface area (Å²) in [5.74, 6) is 0.342. The first kappa shape index (κ1) is 22.5. The predicted octanol–water partition coefficient (Wildman–Crippen LogP) is 0.242. The number of amides is 2. The molecule has 6 N–H and O–H groups in total. The van der Waals surface area contributed by atoms with Gasteiger partial charge < -0.3 is 25.2 Å². The van der Waals surface area contributed by atoms with Gasteiger partial charge >= 0.3 is 6.09 Å². The van der Waals surface area contributed by atoms with Gasteiger partial charge in [0.05, 0.1) is 14.2 Å². The van der Waals surface area contributed by atoms with Crippen molar-refractivity contribution in [2.45, 2.75) is 25.3 Å². The lowest BCUT2D eigenvalue weighted by Gasteiger charge is -2.17. The van der Waals surface area contributed by atoms with E-state index >= 15 is 0 Å². The van der Waals surface area contributed by atoms with Crippen molar-refractivity contribution >= 4 is 27.9 Å². The Bertz CT molecular complexity index is 755. The zero-order chi connectivity index (χ0) is 20.4. The van der Waals surface area contributed by atoms with E-state index in [1.54, 1.807) is 18.2 Å². The molecular formula is C15H24N4O7S. The number of hydrogen-bond donors (Lipinski definition) is 5. The summed E-state index contributed by atoms with van der Waals surface area (Å²) in [6, 6.07) is 3.73. The van der Waals surface area contributed by atoms with Gasteiger partial charge in [0.2, 0.25) is 5.91 Å². The molecule has 0 fully saturated rings. The lowest BCUT2D eigenvalue weighted by Crippen LogP contribution is -2.43. The average Bonchev–Trinajstić information content (AvgIpc) is 2.58. The van der Waals surface area contributed by atoms with Gasteiger partial charge in [0, 0.05) is 18.3 Å². The second-order valence-corrected chi connectivity index (χ2v) is 6.87. The van der Waals surface area contributed by atoms with Crippen LogP contribution < -0.4 is 30.0 Å². The summed E-state index contributed by atoms with van der Waals surface area (Å²) < 4.78 is 33.9. The fourth-order valence-electron chi connectivity index (χ4n) is 2.25. The normalized spacial score (nSPS) is 12.1. The molecular weight excluding hydrogens is 380 g/mol. The number of rotatable bonds is 11. The Labute approximate surface area is 157 Å². The van der Waals surface area contributed by atoms with E-state index in [9.17, 15) is 18.0 Å². The van der Waals surface area contributed by atoms with Crippen LogP contribution in [0.15, 0.2) is 18.2 Å². The summed E-state index contributed by atoms with van der Waals surface area (Å²) in [5, 5.41) is 18.5. The molecule has 0 bridgehead atoms. The topological polar surface area (TPSA) is 169 Å². The smallest absolute Gasteiger partial charge is 0.405 e. The van der Waals surface area contributed by atoms with Crippen molar-refractivity contribution in [3.8, 4) is 11.5 Å². The molecule has 27 heavy (non-hydrogen) atoms. The first-order chi connectivity index (χ1) is 12.7. The summed E-state index contributed by atoms with van der Waals surface area (Å²) in [6.45, 7) is 0.0932. The van der Waals surface area contributed by atoms with Gasteiger partial charge in [-0.15, -0.1) is 0 Å². The van der Waals surface area contributed by atoms with Crippen LogP contribution >= 0.6 is 0 Å². The highest BCUT2D eigenvalue weighted by Gasteiger charge is 2.21. The minimum absolute atomic E-state index is 0.0932. The van der Waals surface area contributed by atoms with Gasteiger partial charge in [-0.3, -0.25) is 4.79 Å². The van der Waals surface area contributed by atoms with E-state index in [-0.39, 0.29) is 13.0 Å². The van der Waals surface area contributed by atoms with Crippen LogP contribution in [-0.2, 0) is 15.0 Å². The van der Waals surface area contributed by atoms with Gasteiger partial charge in [0.25, 0.3) is 10.2 Å². The Balaban J connectivity index is 2.67. The number of nitrogens with two attached hydrogens (primary N) is 1. The molecule has 0 aliphatic carbocycles. The van der Waals surface area contributed by atoms with E-state index in [4.69, 9.17) is 19.7 Å². The molecule has 0 spiro atoms. The monoisotopic (exact) mass is 404 g/mol. The molecule has 0 radical (unpaired) electrons. The highest BCUT2D eigenvalue weighted by molar-refractivity contribution is 7.87. The molecule has 1 atom stereocenters. The van der Waals surface area contributed by atoms with Gasteiger partial charge in [0.15, 0.2) is 11.5 Å². The molecule has 0 saturated carbocycles. The maximum atomic E-state index is 12.4. The van der Waals surface area contributed by atoms with Crippen LogP contribution in [0.1, 0.15) is 19.3 Å². The number of methoxy groups -OCH3 is 2. The number of carboxylic acid groups (broad SMARTS) is 1. The SMILES string of the molecule is COc1ccc(NC(=O)C(CCCCNS(N)(=O)=O)NC(=O)O)cc1OC. The van der Waals surface area contributed by atoms with Crippen LogP contribution in [0, 0.1) is 0 Å². The maximum absolute atomic E-state index is 12.4. The number of hydrogen-bond acceptors (Lipinski definition) is 6. The third-order valence-corrected chi connectivity index (χ3v) is 4.09. The van der Waals surface area contributed by atoms with E-state index in [0.29, 0.717) is 30.0 Å². The van der Waals surface area contributed by atoms with Gasteiger partial charge in [-0.2, -0.15) is 8.42 Å². The molecule has 152 valence electrons. The quantitative estimate of drug-likeness (QED) is 0.329. The molecule has 1 unspecified atom stereocenters. The predicted molar refractivity (Wildman–Crippen MR) is 98.1 cm³/mol. The lowest BCUT2D eigenvalue weighted by atomic mass is 10.1. The van der Waals surface area contributed by atoms with Gasteiger partial charge in [-0.05, 0) is 31.4 Å². The molecule has 0 saturated heterocycles. The zero-order valence-electron chi connectivity index (χ0n) is 15.0. The van der Waals surface area contributed by atoms with Crippen LogP contribution in [0.4, 0.5) is 10.5 Å². The van der Waals surface area contributed by atoms with Crippen molar-refractivity contribution in [2.24, 2.45) is 5.14 Å². The fraction of sp³-hybridized carbons (Fsp3) is 0.467. The van der Waals surface area contributed by atoms with E-state index in [2.05, 4.69) is 15.4 Å². The first-order valence-corrected chi connectivity index (χ1v) is 9.50. The van der Waals surface area contributed by atoms with Crippen LogP contribution in [0.25, 0.3) is 0 Å². The van der Waals surface area contributed by atoms with Crippen LogP contribution in [0.2, 0.25) is 0 Å². The molecule has 1 aromatic rings. The Hall–Kier alpha value is -2.57. The number of anilines is 1. The summed E-state index contributed by atoms with van der Waals surface area (Å²) in [4.78, 5) is 23.3. The Morgan fingerprint density at radius 1 is 1.19 bits per heavy atom. The number of benzene rings is 1. The molecule has 1 aromatic carbocycles. The van der Waals surface area contributed by atoms with Crippen molar-refractivity contribution in [3.05, 3.63) is 18.2 Å². The second kappa shape index (κ2) is 10.5. The maximum Gasteiger partial charge on any atom is 0.405 e. The zero-order valence-corrected chi connectivity index (χ0v) is 15.8. The highest BCUT2D eigenvalue weighted by atomic mass is 32.2. The third kappa shape index (κ3) is 8.57. The average molecular weight is 404 g/mol. The summed E-state index contributed by atoms with van der Waals surface area (Å²) in [7, 11) is -0.842. The van der Waals surface area contributed by atoms with Crippen LogP contribution in [0.3, 0.4) is 0 Å². The largest absolute Gasteiger partial charge is 0.493 e. The van der Waals surface area contributed by atoms with Gasteiger partial charge in [0.1, 0.15) is 6.04 Å². The molecule has 2 amide bonds. The number of carbonyl (C=O) groups is 2. The van der Waals surface area contributed by atoms with Crippen molar-refractivity contribution in [1.82, 2.24) is 10.0 Å². The molecule has 1 rings (SSSR count). The Morgan fingerprint density at radius 3 is 2.41 bits per heavy atom. The molecule has 0 aromatic heterocycles. The van der Waals surface area contributed by atoms with Gasteiger partial charge in [-0.1, -0.05) is 0 Å². The molecule has 0 aliphatic rings. The molecule has 11 nitrogen and oxygen atoms in total. The third-order valence-electron chi connectivity index (χ3n) is 3.49. The second-order valence-electron chi connectivity index (χ2n) is 5.50. The molecule has 12 heteroatoms. The Kier molecular flexibility index (Phi) is 8.78. The number of nitrogens with one attached hydrogen (secondary N) is 3. The van der Waals surface area contributed by atoms with Crippen LogP contribution in [-0.4, -0.2) is 52.3 Å². The summed E-state index contributed by atoms with van der Waals surface area (Å²) in [6.07, 6.45) is -0.382. The van der Waals surface area contributed by atoms with E-state index in [1.165, 1.54) is 14.2 Å².